The second-order valence-corrected chi connectivity index (χ2v) is 5.52. The zero-order chi connectivity index (χ0) is 15.2. The Morgan fingerprint density at radius 2 is 1.81 bits per heavy atom. The third kappa shape index (κ3) is 4.25. The summed E-state index contributed by atoms with van der Waals surface area (Å²) in [5.74, 6) is 0.502. The first kappa shape index (κ1) is 15.4. The number of nitrogens with zero attached hydrogens (tertiary/aromatic N) is 4. The fraction of sp³-hybridized carbons (Fsp3) is 0.692. The highest BCUT2D eigenvalue weighted by Crippen LogP contribution is 2.31. The second-order valence-electron chi connectivity index (χ2n) is 5.52. The number of hydrazine groups is 1. The van der Waals surface area contributed by atoms with E-state index >= 15 is 0 Å². The lowest BCUT2D eigenvalue weighted by atomic mass is 10.1. The Labute approximate surface area is 124 Å². The fourth-order valence-electron chi connectivity index (χ4n) is 2.57. The van der Waals surface area contributed by atoms with Crippen molar-refractivity contribution in [3.63, 3.8) is 0 Å². The summed E-state index contributed by atoms with van der Waals surface area (Å²) in [4.78, 5) is 19.0. The summed E-state index contributed by atoms with van der Waals surface area (Å²) in [6, 6.07) is 0.244. The van der Waals surface area contributed by atoms with Crippen LogP contribution in [0.15, 0.2) is 6.33 Å². The molecule has 0 amide bonds. The highest BCUT2D eigenvalue weighted by atomic mass is 16.6. The van der Waals surface area contributed by atoms with Gasteiger partial charge in [0.15, 0.2) is 0 Å². The summed E-state index contributed by atoms with van der Waals surface area (Å²) >= 11 is 0. The Kier molecular flexibility index (Phi) is 5.26. The van der Waals surface area contributed by atoms with Gasteiger partial charge in [0.05, 0.1) is 4.92 Å². The molecule has 1 saturated carbocycles. The molecule has 0 aliphatic heterocycles. The molecule has 1 aromatic heterocycles. The molecule has 21 heavy (non-hydrogen) atoms. The first-order valence-corrected chi connectivity index (χ1v) is 7.28. The van der Waals surface area contributed by atoms with Crippen molar-refractivity contribution in [2.75, 3.05) is 24.8 Å². The van der Waals surface area contributed by atoms with Crippen molar-refractivity contribution in [2.24, 2.45) is 0 Å². The average Bonchev–Trinajstić information content (AvgIpc) is 2.66. The number of nitrogens with one attached hydrogen (secondary N) is 2. The maximum Gasteiger partial charge on any atom is 0.354 e. The van der Waals surface area contributed by atoms with Gasteiger partial charge in [0, 0.05) is 20.1 Å². The number of hydrogen-bond donors (Lipinski definition) is 2. The third-order valence-electron chi connectivity index (χ3n) is 3.53. The zero-order valence-corrected chi connectivity index (χ0v) is 12.5. The van der Waals surface area contributed by atoms with Crippen LogP contribution in [0.2, 0.25) is 0 Å². The normalized spacial score (nSPS) is 16.5. The Balaban J connectivity index is 2.22. The monoisotopic (exact) mass is 294 g/mol. The Bertz CT molecular complexity index is 486. The smallest absolute Gasteiger partial charge is 0.354 e. The standard InChI is InChI=1S/C13H22N6O2/c1-18(2)17-13-11(19(20)21)12(14-9-15-13)16-10-7-5-3-4-6-8-10/h9-10H,3-8H2,1-2H3,(H2,14,15,16,17). The molecular formula is C13H22N6O2. The minimum absolute atomic E-state index is 0.101. The highest BCUT2D eigenvalue weighted by Gasteiger charge is 2.25. The highest BCUT2D eigenvalue weighted by molar-refractivity contribution is 5.69. The molecular weight excluding hydrogens is 272 g/mol. The van der Waals surface area contributed by atoms with Crippen molar-refractivity contribution in [3.8, 4) is 0 Å². The van der Waals surface area contributed by atoms with E-state index in [-0.39, 0.29) is 17.5 Å². The molecule has 0 unspecified atom stereocenters. The zero-order valence-electron chi connectivity index (χ0n) is 12.5. The van der Waals surface area contributed by atoms with Crippen molar-refractivity contribution in [1.82, 2.24) is 15.0 Å². The summed E-state index contributed by atoms with van der Waals surface area (Å²) < 4.78 is 0. The largest absolute Gasteiger partial charge is 0.361 e. The minimum Gasteiger partial charge on any atom is -0.361 e. The molecule has 1 aromatic rings. The van der Waals surface area contributed by atoms with Crippen LogP contribution >= 0.6 is 0 Å². The second kappa shape index (κ2) is 7.16. The van der Waals surface area contributed by atoms with Crippen LogP contribution in [0.3, 0.4) is 0 Å². The van der Waals surface area contributed by atoms with Gasteiger partial charge in [-0.3, -0.25) is 15.5 Å². The van der Waals surface area contributed by atoms with E-state index < -0.39 is 4.92 Å². The number of hydrogen-bond acceptors (Lipinski definition) is 7. The van der Waals surface area contributed by atoms with Crippen molar-refractivity contribution < 1.29 is 4.92 Å². The first-order chi connectivity index (χ1) is 10.1. The van der Waals surface area contributed by atoms with E-state index in [1.807, 2.05) is 0 Å². The lowest BCUT2D eigenvalue weighted by Crippen LogP contribution is -2.23. The van der Waals surface area contributed by atoms with Crippen LogP contribution in [0.1, 0.15) is 38.5 Å². The topological polar surface area (TPSA) is 96.2 Å². The molecule has 1 heterocycles. The molecule has 0 spiro atoms. The quantitative estimate of drug-likeness (QED) is 0.489. The molecule has 8 heteroatoms. The Hall–Kier alpha value is -1.96. The molecule has 2 N–H and O–H groups in total. The molecule has 0 radical (unpaired) electrons. The summed E-state index contributed by atoms with van der Waals surface area (Å²) in [6.45, 7) is 0. The van der Waals surface area contributed by atoms with E-state index in [4.69, 9.17) is 0 Å². The predicted molar refractivity (Wildman–Crippen MR) is 81.1 cm³/mol. The van der Waals surface area contributed by atoms with Crippen molar-refractivity contribution >= 4 is 17.3 Å². The predicted octanol–water partition coefficient (Wildman–Crippen LogP) is 2.41. The van der Waals surface area contributed by atoms with E-state index in [2.05, 4.69) is 20.7 Å². The molecule has 0 bridgehead atoms. The summed E-state index contributed by atoms with van der Waals surface area (Å²) in [5.41, 5.74) is 2.74. The van der Waals surface area contributed by atoms with Gasteiger partial charge >= 0.3 is 5.69 Å². The van der Waals surface area contributed by atoms with E-state index in [0.29, 0.717) is 5.82 Å². The first-order valence-electron chi connectivity index (χ1n) is 7.28. The van der Waals surface area contributed by atoms with Crippen LogP contribution in [0.5, 0.6) is 0 Å². The number of rotatable bonds is 5. The van der Waals surface area contributed by atoms with E-state index in [1.165, 1.54) is 19.2 Å². The van der Waals surface area contributed by atoms with Gasteiger partial charge in [0.2, 0.25) is 11.6 Å². The number of aromatic nitrogens is 2. The summed E-state index contributed by atoms with van der Waals surface area (Å²) in [6.07, 6.45) is 8.17. The van der Waals surface area contributed by atoms with Crippen molar-refractivity contribution in [1.29, 1.82) is 0 Å². The summed E-state index contributed by atoms with van der Waals surface area (Å²) in [5, 5.41) is 16.2. The van der Waals surface area contributed by atoms with Crippen LogP contribution in [-0.2, 0) is 0 Å². The lowest BCUT2D eigenvalue weighted by Gasteiger charge is -2.18. The molecule has 0 saturated heterocycles. The van der Waals surface area contributed by atoms with E-state index in [1.54, 1.807) is 19.1 Å². The van der Waals surface area contributed by atoms with Crippen molar-refractivity contribution in [3.05, 3.63) is 16.4 Å². The van der Waals surface area contributed by atoms with Gasteiger partial charge in [0.1, 0.15) is 6.33 Å². The van der Waals surface area contributed by atoms with Gasteiger partial charge in [0.25, 0.3) is 0 Å². The van der Waals surface area contributed by atoms with Crippen LogP contribution in [0.25, 0.3) is 0 Å². The third-order valence-corrected chi connectivity index (χ3v) is 3.53. The van der Waals surface area contributed by atoms with Gasteiger partial charge in [-0.05, 0) is 12.8 Å². The maximum absolute atomic E-state index is 11.4. The van der Waals surface area contributed by atoms with Gasteiger partial charge in [-0.1, -0.05) is 25.7 Å². The van der Waals surface area contributed by atoms with Gasteiger partial charge in [-0.15, -0.1) is 0 Å². The molecule has 116 valence electrons. The average molecular weight is 294 g/mol. The number of nitro groups is 1. The van der Waals surface area contributed by atoms with E-state index in [0.717, 1.165) is 25.7 Å². The molecule has 1 aliphatic carbocycles. The molecule has 8 nitrogen and oxygen atoms in total. The number of anilines is 2. The van der Waals surface area contributed by atoms with Crippen LogP contribution in [0, 0.1) is 10.1 Å². The van der Waals surface area contributed by atoms with Gasteiger partial charge < -0.3 is 5.32 Å². The molecule has 0 atom stereocenters. The SMILES string of the molecule is CN(C)Nc1ncnc(NC2CCCCCC2)c1[N+](=O)[O-]. The van der Waals surface area contributed by atoms with Crippen molar-refractivity contribution in [2.45, 2.75) is 44.6 Å². The molecule has 1 aliphatic rings. The maximum atomic E-state index is 11.4. The minimum atomic E-state index is -0.440. The van der Waals surface area contributed by atoms with Gasteiger partial charge in [-0.2, -0.15) is 0 Å². The van der Waals surface area contributed by atoms with Crippen LogP contribution in [-0.4, -0.2) is 40.0 Å². The van der Waals surface area contributed by atoms with Gasteiger partial charge in [-0.25, -0.2) is 15.0 Å². The van der Waals surface area contributed by atoms with Crippen LogP contribution in [0.4, 0.5) is 17.3 Å². The molecule has 2 rings (SSSR count). The fourth-order valence-corrected chi connectivity index (χ4v) is 2.57. The van der Waals surface area contributed by atoms with E-state index in [9.17, 15) is 10.1 Å². The molecule has 1 fully saturated rings. The Morgan fingerprint density at radius 3 is 2.38 bits per heavy atom. The lowest BCUT2D eigenvalue weighted by molar-refractivity contribution is -0.383. The molecule has 0 aromatic carbocycles. The van der Waals surface area contributed by atoms with Crippen LogP contribution < -0.4 is 10.7 Å². The summed E-state index contributed by atoms with van der Waals surface area (Å²) in [7, 11) is 3.51. The Morgan fingerprint density at radius 1 is 1.19 bits per heavy atom.